The van der Waals surface area contributed by atoms with Gasteiger partial charge in [-0.15, -0.1) is 0 Å². The molecule has 2 heterocycles. The van der Waals surface area contributed by atoms with Crippen molar-refractivity contribution in [3.05, 3.63) is 274 Å². The van der Waals surface area contributed by atoms with Crippen LogP contribution in [0.5, 0.6) is 0 Å². The predicted molar refractivity (Wildman–Crippen MR) is 277 cm³/mol. The Hall–Kier alpha value is -8.52. The molecule has 10 heteroatoms. The fourth-order valence-corrected chi connectivity index (χ4v) is 13.4. The molecule has 0 saturated heterocycles. The molecule has 0 bridgehead atoms. The molecule has 0 radical (unpaired) electrons. The number of nitrogens with zero attached hydrogens (tertiary/aromatic N) is 3. The van der Waals surface area contributed by atoms with Crippen molar-refractivity contribution in [3.63, 3.8) is 0 Å². The first-order chi connectivity index (χ1) is 33.8. The Morgan fingerprint density at radius 3 is 1.57 bits per heavy atom. The number of hydrogen-bond acceptors (Lipinski definition) is 6. The zero-order chi connectivity index (χ0) is 47.2. The van der Waals surface area contributed by atoms with Gasteiger partial charge in [0, 0.05) is 24.1 Å². The smallest absolute Gasteiger partial charge is 0.355 e. The first kappa shape index (κ1) is 44.3. The number of H-pyrrole nitrogens is 1. The van der Waals surface area contributed by atoms with Gasteiger partial charge in [-0.05, 0) is 94.5 Å². The number of nitro benzene ring substituents is 1. The lowest BCUT2D eigenvalue weighted by Crippen LogP contribution is -2.38. The number of anilines is 1. The number of fused-ring (bicyclic) bond motifs is 1. The monoisotopic (exact) mass is 921 g/mol. The van der Waals surface area contributed by atoms with Gasteiger partial charge in [0.1, 0.15) is 46.8 Å². The first-order valence-electron chi connectivity index (χ1n) is 22.7. The highest BCUT2D eigenvalue weighted by Crippen LogP contribution is 2.54. The van der Waals surface area contributed by atoms with Crippen LogP contribution < -0.4 is 26.1 Å². The number of ether oxygens (including phenoxy) is 1. The molecule has 1 amide bonds. The molecule has 0 fully saturated rings. The van der Waals surface area contributed by atoms with Crippen molar-refractivity contribution >= 4 is 57.4 Å². The van der Waals surface area contributed by atoms with Crippen molar-refractivity contribution in [2.45, 2.75) is 25.6 Å². The minimum atomic E-state index is -2.24. The van der Waals surface area contributed by atoms with E-state index in [2.05, 4.69) is 120 Å². The summed E-state index contributed by atoms with van der Waals surface area (Å²) in [6.45, 7) is 0.229. The van der Waals surface area contributed by atoms with Crippen molar-refractivity contribution in [2.24, 2.45) is 4.99 Å². The van der Waals surface area contributed by atoms with Crippen LogP contribution in [0.25, 0.3) is 11.1 Å². The van der Waals surface area contributed by atoms with Gasteiger partial charge in [-0.2, -0.15) is 0 Å². The second-order valence-corrected chi connectivity index (χ2v) is 20.2. The molecule has 1 atom stereocenters. The highest BCUT2D eigenvalue weighted by atomic mass is 31.2. The van der Waals surface area contributed by atoms with Crippen LogP contribution in [0.3, 0.4) is 0 Å². The molecule has 336 valence electrons. The Kier molecular flexibility index (Phi) is 12.7. The van der Waals surface area contributed by atoms with Crippen LogP contribution in [0.2, 0.25) is 0 Å². The summed E-state index contributed by atoms with van der Waals surface area (Å²) in [5, 5.41) is 16.7. The highest BCUT2D eigenvalue weighted by molar-refractivity contribution is 8.01. The van der Waals surface area contributed by atoms with E-state index in [0.29, 0.717) is 29.1 Å². The van der Waals surface area contributed by atoms with Crippen LogP contribution in [-0.2, 0) is 29.1 Å². The summed E-state index contributed by atoms with van der Waals surface area (Å²) in [6, 6.07) is 75.5. The molecule has 1 N–H and O–H groups in total. The molecule has 0 saturated carbocycles. The third-order valence-corrected chi connectivity index (χ3v) is 16.8. The molecular weight excluding hydrogens is 876 g/mol. The van der Waals surface area contributed by atoms with Crippen LogP contribution >= 0.6 is 7.26 Å². The topological polar surface area (TPSA) is 118 Å². The quantitative estimate of drug-likeness (QED) is 0.0504. The summed E-state index contributed by atoms with van der Waals surface area (Å²) in [5.74, 6) is -0.861. The van der Waals surface area contributed by atoms with Gasteiger partial charge in [0.15, 0.2) is 0 Å². The maximum atomic E-state index is 14.7. The lowest BCUT2D eigenvalue weighted by molar-refractivity contribution is -0.384. The molecule has 1 aromatic heterocycles. The molecule has 9 aromatic rings. The average Bonchev–Trinajstić information content (AvgIpc) is 3.82. The van der Waals surface area contributed by atoms with E-state index in [1.165, 1.54) is 33.4 Å². The van der Waals surface area contributed by atoms with E-state index in [4.69, 9.17) is 9.73 Å². The Morgan fingerprint density at radius 1 is 0.580 bits per heavy atom. The van der Waals surface area contributed by atoms with E-state index in [1.807, 2.05) is 84.9 Å². The Bertz CT molecular complexity index is 3160. The van der Waals surface area contributed by atoms with Crippen LogP contribution in [0.15, 0.2) is 236 Å². The average molecular weight is 922 g/mol. The summed E-state index contributed by atoms with van der Waals surface area (Å²) in [6.07, 6.45) is 0.323. The molecule has 1 aliphatic heterocycles. The van der Waals surface area contributed by atoms with Crippen LogP contribution in [0.1, 0.15) is 38.4 Å². The molecular formula is C59H46N4O5P+. The third-order valence-electron chi connectivity index (χ3n) is 12.5. The van der Waals surface area contributed by atoms with Gasteiger partial charge in [0.2, 0.25) is 0 Å². The van der Waals surface area contributed by atoms with Crippen molar-refractivity contribution in [2.75, 3.05) is 4.90 Å². The number of carbonyl (C=O) groups is 2. The number of aromatic amines is 1. The lowest BCUT2D eigenvalue weighted by atomic mass is 10.0. The number of benzene rings is 8. The number of nitrogens with one attached hydrogen (secondary N) is 1. The van der Waals surface area contributed by atoms with Crippen LogP contribution in [0.4, 0.5) is 11.4 Å². The van der Waals surface area contributed by atoms with Gasteiger partial charge in [0.25, 0.3) is 11.6 Å². The minimum Gasteiger partial charge on any atom is -0.456 e. The molecule has 8 aromatic carbocycles. The Labute approximate surface area is 400 Å². The number of hydrogen-bond donors (Lipinski definition) is 1. The summed E-state index contributed by atoms with van der Waals surface area (Å²) in [4.78, 5) is 49.8. The summed E-state index contributed by atoms with van der Waals surface area (Å²) < 4.78 is 5.93. The number of carbonyl (C=O) groups excluding carboxylic acids is 2. The largest absolute Gasteiger partial charge is 0.456 e. The first-order valence-corrected chi connectivity index (χ1v) is 24.5. The summed E-state index contributed by atoms with van der Waals surface area (Å²) >= 11 is 0. The van der Waals surface area contributed by atoms with E-state index in [-0.39, 0.29) is 30.4 Å². The number of rotatable bonds is 14. The molecule has 0 unspecified atom stereocenters. The van der Waals surface area contributed by atoms with Crippen molar-refractivity contribution in [1.29, 1.82) is 0 Å². The van der Waals surface area contributed by atoms with E-state index >= 15 is 0 Å². The molecule has 0 spiro atoms. The minimum absolute atomic E-state index is 0.00900. The van der Waals surface area contributed by atoms with E-state index in [1.54, 1.807) is 23.1 Å². The lowest BCUT2D eigenvalue weighted by Gasteiger charge is -2.27. The van der Waals surface area contributed by atoms with Gasteiger partial charge in [-0.1, -0.05) is 152 Å². The second kappa shape index (κ2) is 19.8. The van der Waals surface area contributed by atoms with Crippen molar-refractivity contribution in [1.82, 2.24) is 4.98 Å². The van der Waals surface area contributed by atoms with Gasteiger partial charge < -0.3 is 14.6 Å². The number of aliphatic imine (C=N–C) groups is 1. The van der Waals surface area contributed by atoms with E-state index < -0.39 is 24.2 Å². The van der Waals surface area contributed by atoms with E-state index in [0.717, 1.165) is 27.8 Å². The normalized spacial score (nSPS) is 13.5. The Balaban J connectivity index is 0.927. The number of non-ortho nitro benzene ring substituents is 1. The molecule has 9 nitrogen and oxygen atoms in total. The Morgan fingerprint density at radius 2 is 1.04 bits per heavy atom. The second-order valence-electron chi connectivity index (χ2n) is 16.8. The van der Waals surface area contributed by atoms with Crippen LogP contribution in [0, 0.1) is 10.1 Å². The summed E-state index contributed by atoms with van der Waals surface area (Å²) in [7, 11) is -2.24. The standard InChI is InChI=1S/C59H45N4O5P/c64-58-53(38-42-16-6-1-7-17-42)60-56(47-30-34-48(35-31-47)63(66)67)57-55(62(58)40-43-18-8-2-9-19-43)39-54(61-57)59(65)68-41-44-26-28-45(29-27-44)46-32-36-52(37-33-46)69(49-20-10-3-11-21-49,50-22-12-4-13-23-50)51-24-14-5-15-25-51/h1-37,39,53H,38,40-41H2/p+1/t53-/m0/s1. The molecule has 0 aliphatic carbocycles. The van der Waals surface area contributed by atoms with Gasteiger partial charge in [-0.25, -0.2) is 4.79 Å². The summed E-state index contributed by atoms with van der Waals surface area (Å²) in [5.41, 5.74) is 6.61. The molecule has 10 rings (SSSR count). The van der Waals surface area contributed by atoms with Crippen molar-refractivity contribution < 1.29 is 19.2 Å². The van der Waals surface area contributed by atoms with Crippen LogP contribution in [-0.4, -0.2) is 33.5 Å². The zero-order valence-corrected chi connectivity index (χ0v) is 38.4. The zero-order valence-electron chi connectivity index (χ0n) is 37.5. The number of esters is 1. The fourth-order valence-electron chi connectivity index (χ4n) is 9.13. The number of nitro groups is 1. The van der Waals surface area contributed by atoms with Gasteiger partial charge >= 0.3 is 5.97 Å². The van der Waals surface area contributed by atoms with E-state index in [9.17, 15) is 19.7 Å². The number of aromatic nitrogens is 1. The number of amides is 1. The SMILES string of the molecule is O=C(OCc1ccc(-c2ccc([P+](c3ccccc3)(c3ccccc3)c3ccccc3)cc2)cc1)c1cc2c([nH]1)C(c1ccc([N+](=O)[O-])cc1)=N[C@@H](Cc1ccccc1)C(=O)N2Cc1ccccc1. The third kappa shape index (κ3) is 9.16. The molecule has 1 aliphatic rings. The molecule has 69 heavy (non-hydrogen) atoms. The maximum Gasteiger partial charge on any atom is 0.355 e. The van der Waals surface area contributed by atoms with Gasteiger partial charge in [0.05, 0.1) is 28.6 Å². The highest BCUT2D eigenvalue weighted by Gasteiger charge is 2.47. The van der Waals surface area contributed by atoms with Gasteiger partial charge in [-0.3, -0.25) is 19.9 Å². The fraction of sp³-hybridized carbons (Fsp3) is 0.0678. The van der Waals surface area contributed by atoms with Crippen molar-refractivity contribution in [3.8, 4) is 11.1 Å². The maximum absolute atomic E-state index is 14.7. The predicted octanol–water partition coefficient (Wildman–Crippen LogP) is 10.6.